The molecule has 3 aromatic rings. The Morgan fingerprint density at radius 3 is 2.58 bits per heavy atom. The van der Waals surface area contributed by atoms with Gasteiger partial charge in [-0.2, -0.15) is 4.98 Å². The summed E-state index contributed by atoms with van der Waals surface area (Å²) in [5, 5.41) is 3.24. The van der Waals surface area contributed by atoms with Crippen LogP contribution in [-0.2, 0) is 0 Å². The lowest BCUT2D eigenvalue weighted by atomic mass is 10.2. The summed E-state index contributed by atoms with van der Waals surface area (Å²) in [5.41, 5.74) is 3.04. The van der Waals surface area contributed by atoms with Crippen molar-refractivity contribution in [1.29, 1.82) is 0 Å². The van der Waals surface area contributed by atoms with Gasteiger partial charge >= 0.3 is 0 Å². The molecule has 0 saturated carbocycles. The number of benzene rings is 2. The number of ether oxygens (including phenoxy) is 1. The van der Waals surface area contributed by atoms with Crippen LogP contribution in [0.25, 0.3) is 0 Å². The molecular formula is C19H20N4O. The smallest absolute Gasteiger partial charge is 0.229 e. The molecule has 0 spiro atoms. The van der Waals surface area contributed by atoms with Gasteiger partial charge in [0.2, 0.25) is 5.95 Å². The van der Waals surface area contributed by atoms with Crippen molar-refractivity contribution in [2.75, 3.05) is 24.4 Å². The summed E-state index contributed by atoms with van der Waals surface area (Å²) < 4.78 is 5.39. The quantitative estimate of drug-likeness (QED) is 0.759. The molecule has 0 aliphatic heterocycles. The van der Waals surface area contributed by atoms with E-state index in [1.54, 1.807) is 13.3 Å². The molecule has 5 heteroatoms. The number of aryl methyl sites for hydroxylation is 1. The number of anilines is 4. The third-order valence-corrected chi connectivity index (χ3v) is 3.73. The van der Waals surface area contributed by atoms with E-state index in [2.05, 4.69) is 15.3 Å². The van der Waals surface area contributed by atoms with Crippen LogP contribution in [0.15, 0.2) is 60.8 Å². The molecule has 0 amide bonds. The number of hydrogen-bond acceptors (Lipinski definition) is 5. The lowest BCUT2D eigenvalue weighted by Crippen LogP contribution is -2.12. The monoisotopic (exact) mass is 320 g/mol. The minimum absolute atomic E-state index is 0.527. The maximum absolute atomic E-state index is 5.39. The predicted molar refractivity (Wildman–Crippen MR) is 97.6 cm³/mol. The molecule has 122 valence electrons. The maximum atomic E-state index is 5.39. The van der Waals surface area contributed by atoms with Crippen LogP contribution in [0.4, 0.5) is 23.1 Å². The molecule has 1 N–H and O–H groups in total. The fraction of sp³-hybridized carbons (Fsp3) is 0.158. The van der Waals surface area contributed by atoms with Gasteiger partial charge in [0.05, 0.1) is 12.8 Å². The van der Waals surface area contributed by atoms with Gasteiger partial charge in [0.15, 0.2) is 0 Å². The molecule has 0 atom stereocenters. The van der Waals surface area contributed by atoms with E-state index in [1.165, 1.54) is 0 Å². The van der Waals surface area contributed by atoms with Crippen LogP contribution < -0.4 is 15.0 Å². The number of hydrogen-bond donors (Lipinski definition) is 1. The van der Waals surface area contributed by atoms with Gasteiger partial charge in [-0.05, 0) is 42.8 Å². The number of aromatic nitrogens is 2. The molecule has 0 radical (unpaired) electrons. The zero-order chi connectivity index (χ0) is 16.9. The number of methoxy groups -OCH3 is 1. The maximum Gasteiger partial charge on any atom is 0.229 e. The lowest BCUT2D eigenvalue weighted by molar-refractivity contribution is 0.416. The molecule has 0 aliphatic carbocycles. The highest BCUT2D eigenvalue weighted by molar-refractivity contribution is 5.65. The van der Waals surface area contributed by atoms with Gasteiger partial charge in [-0.3, -0.25) is 0 Å². The lowest BCUT2D eigenvalue weighted by Gasteiger charge is -2.19. The van der Waals surface area contributed by atoms with E-state index in [0.29, 0.717) is 5.95 Å². The normalized spacial score (nSPS) is 10.3. The summed E-state index contributed by atoms with van der Waals surface area (Å²) in [4.78, 5) is 10.9. The first kappa shape index (κ1) is 15.8. The van der Waals surface area contributed by atoms with Crippen molar-refractivity contribution >= 4 is 23.1 Å². The summed E-state index contributed by atoms with van der Waals surface area (Å²) in [6.07, 6.45) is 1.74. The zero-order valence-corrected chi connectivity index (χ0v) is 14.0. The topological polar surface area (TPSA) is 50.3 Å². The first-order chi connectivity index (χ1) is 11.7. The van der Waals surface area contributed by atoms with E-state index >= 15 is 0 Å². The second kappa shape index (κ2) is 7.00. The molecular weight excluding hydrogens is 300 g/mol. The zero-order valence-electron chi connectivity index (χ0n) is 14.0. The average Bonchev–Trinajstić information content (AvgIpc) is 2.62. The van der Waals surface area contributed by atoms with Gasteiger partial charge in [-0.15, -0.1) is 0 Å². The standard InChI is InChI=1S/C19H20N4O/c1-14-9-10-17(24-3)16(13-14)21-19-20-12-11-18(22-19)23(2)15-7-5-4-6-8-15/h4-13H,1-3H3,(H,20,21,22). The van der Waals surface area contributed by atoms with Crippen molar-refractivity contribution < 1.29 is 4.74 Å². The second-order valence-corrected chi connectivity index (χ2v) is 5.46. The van der Waals surface area contributed by atoms with E-state index < -0.39 is 0 Å². The van der Waals surface area contributed by atoms with E-state index in [0.717, 1.165) is 28.5 Å². The van der Waals surface area contributed by atoms with Crippen LogP contribution in [0.3, 0.4) is 0 Å². The second-order valence-electron chi connectivity index (χ2n) is 5.46. The first-order valence-electron chi connectivity index (χ1n) is 7.71. The number of rotatable bonds is 5. The Balaban J connectivity index is 1.87. The van der Waals surface area contributed by atoms with E-state index in [4.69, 9.17) is 4.74 Å². The van der Waals surface area contributed by atoms with Crippen molar-refractivity contribution in [3.8, 4) is 5.75 Å². The fourth-order valence-electron chi connectivity index (χ4n) is 2.42. The Hall–Kier alpha value is -3.08. The first-order valence-corrected chi connectivity index (χ1v) is 7.71. The Kier molecular flexibility index (Phi) is 4.61. The molecule has 2 aromatic carbocycles. The van der Waals surface area contributed by atoms with Crippen molar-refractivity contribution in [1.82, 2.24) is 9.97 Å². The van der Waals surface area contributed by atoms with Gasteiger partial charge in [0.25, 0.3) is 0 Å². The third kappa shape index (κ3) is 3.46. The Labute approximate surface area is 142 Å². The molecule has 24 heavy (non-hydrogen) atoms. The van der Waals surface area contributed by atoms with Crippen molar-refractivity contribution in [3.05, 3.63) is 66.4 Å². The summed E-state index contributed by atoms with van der Waals surface area (Å²) >= 11 is 0. The predicted octanol–water partition coefficient (Wildman–Crippen LogP) is 4.31. The van der Waals surface area contributed by atoms with Gasteiger partial charge in [0, 0.05) is 18.9 Å². The van der Waals surface area contributed by atoms with Crippen LogP contribution in [0.5, 0.6) is 5.75 Å². The van der Waals surface area contributed by atoms with Gasteiger partial charge in [-0.25, -0.2) is 4.98 Å². The number of para-hydroxylation sites is 1. The Morgan fingerprint density at radius 1 is 1.04 bits per heavy atom. The van der Waals surface area contributed by atoms with E-state index in [-0.39, 0.29) is 0 Å². The average molecular weight is 320 g/mol. The van der Waals surface area contributed by atoms with E-state index in [9.17, 15) is 0 Å². The molecule has 1 heterocycles. The fourth-order valence-corrected chi connectivity index (χ4v) is 2.42. The molecule has 1 aromatic heterocycles. The number of nitrogens with zero attached hydrogens (tertiary/aromatic N) is 3. The highest BCUT2D eigenvalue weighted by atomic mass is 16.5. The minimum atomic E-state index is 0.527. The highest BCUT2D eigenvalue weighted by Gasteiger charge is 2.09. The minimum Gasteiger partial charge on any atom is -0.495 e. The summed E-state index contributed by atoms with van der Waals surface area (Å²) in [6, 6.07) is 17.9. The molecule has 3 rings (SSSR count). The Morgan fingerprint density at radius 2 is 1.83 bits per heavy atom. The summed E-state index contributed by atoms with van der Waals surface area (Å²) in [7, 11) is 3.63. The SMILES string of the molecule is COc1ccc(C)cc1Nc1nccc(N(C)c2ccccc2)n1. The van der Waals surface area contributed by atoms with E-state index in [1.807, 2.05) is 73.5 Å². The van der Waals surface area contributed by atoms with Crippen LogP contribution >= 0.6 is 0 Å². The van der Waals surface area contributed by atoms with Crippen molar-refractivity contribution in [2.24, 2.45) is 0 Å². The van der Waals surface area contributed by atoms with Gasteiger partial charge in [-0.1, -0.05) is 24.3 Å². The molecule has 0 saturated heterocycles. The molecule has 0 unspecified atom stereocenters. The largest absolute Gasteiger partial charge is 0.495 e. The number of nitrogens with one attached hydrogen (secondary N) is 1. The van der Waals surface area contributed by atoms with Crippen LogP contribution in [0, 0.1) is 6.92 Å². The Bertz CT molecular complexity index is 821. The summed E-state index contributed by atoms with van der Waals surface area (Å²) in [5.74, 6) is 2.09. The van der Waals surface area contributed by atoms with Crippen LogP contribution in [0.2, 0.25) is 0 Å². The molecule has 0 bridgehead atoms. The van der Waals surface area contributed by atoms with Crippen molar-refractivity contribution in [3.63, 3.8) is 0 Å². The van der Waals surface area contributed by atoms with Crippen molar-refractivity contribution in [2.45, 2.75) is 6.92 Å². The van der Waals surface area contributed by atoms with Crippen LogP contribution in [0.1, 0.15) is 5.56 Å². The van der Waals surface area contributed by atoms with Gasteiger partial charge in [0.1, 0.15) is 11.6 Å². The molecule has 0 aliphatic rings. The van der Waals surface area contributed by atoms with Crippen LogP contribution in [-0.4, -0.2) is 24.1 Å². The van der Waals surface area contributed by atoms with Gasteiger partial charge < -0.3 is 15.0 Å². The molecule has 0 fully saturated rings. The molecule has 5 nitrogen and oxygen atoms in total. The highest BCUT2D eigenvalue weighted by Crippen LogP contribution is 2.28. The summed E-state index contributed by atoms with van der Waals surface area (Å²) in [6.45, 7) is 2.03. The third-order valence-electron chi connectivity index (χ3n) is 3.73.